The Morgan fingerprint density at radius 2 is 1.85 bits per heavy atom. The third-order valence-corrected chi connectivity index (χ3v) is 5.65. The molecule has 2 fully saturated rings. The van der Waals surface area contributed by atoms with Crippen molar-refractivity contribution in [1.29, 1.82) is 0 Å². The first-order chi connectivity index (χ1) is 13.3. The molecule has 4 rings (SSSR count). The zero-order chi connectivity index (χ0) is 18.5. The van der Waals surface area contributed by atoms with Crippen LogP contribution in [0.25, 0.3) is 0 Å². The second-order valence-electron chi connectivity index (χ2n) is 7.60. The molecule has 1 aromatic carbocycles. The van der Waals surface area contributed by atoms with Gasteiger partial charge in [-0.15, -0.1) is 0 Å². The minimum atomic E-state index is 0.101. The minimum absolute atomic E-state index is 0.101. The van der Waals surface area contributed by atoms with Crippen LogP contribution in [0.4, 0.5) is 0 Å². The van der Waals surface area contributed by atoms with E-state index in [1.54, 1.807) is 6.26 Å². The van der Waals surface area contributed by atoms with Gasteiger partial charge in [0, 0.05) is 25.4 Å². The highest BCUT2D eigenvalue weighted by atomic mass is 16.5. The van der Waals surface area contributed by atoms with Crippen LogP contribution < -0.4 is 0 Å². The number of likely N-dealkylation sites (tertiary alicyclic amines) is 1. The van der Waals surface area contributed by atoms with Gasteiger partial charge in [0.25, 0.3) is 0 Å². The molecule has 144 valence electrons. The molecule has 2 aliphatic rings. The lowest BCUT2D eigenvalue weighted by Crippen LogP contribution is -2.50. The van der Waals surface area contributed by atoms with Gasteiger partial charge in [-0.1, -0.05) is 30.3 Å². The van der Waals surface area contributed by atoms with Crippen molar-refractivity contribution in [3.05, 3.63) is 60.1 Å². The van der Waals surface area contributed by atoms with Crippen molar-refractivity contribution in [2.45, 2.75) is 31.9 Å². The predicted molar refractivity (Wildman–Crippen MR) is 103 cm³/mol. The molecule has 1 amide bonds. The molecule has 0 bridgehead atoms. The Morgan fingerprint density at radius 3 is 2.59 bits per heavy atom. The molecule has 0 radical (unpaired) electrons. The monoisotopic (exact) mass is 368 g/mol. The van der Waals surface area contributed by atoms with E-state index in [-0.39, 0.29) is 12.0 Å². The summed E-state index contributed by atoms with van der Waals surface area (Å²) in [6, 6.07) is 14.3. The van der Waals surface area contributed by atoms with Crippen LogP contribution in [0.15, 0.2) is 53.1 Å². The lowest BCUT2D eigenvalue weighted by atomic mass is 9.94. The molecular weight excluding hydrogens is 340 g/mol. The molecule has 0 N–H and O–H groups in total. The van der Waals surface area contributed by atoms with Gasteiger partial charge < -0.3 is 14.1 Å². The highest BCUT2D eigenvalue weighted by Gasteiger charge is 2.31. The summed E-state index contributed by atoms with van der Waals surface area (Å²) in [5, 5.41) is 0. The number of ether oxygens (including phenoxy) is 1. The Morgan fingerprint density at radius 1 is 1.04 bits per heavy atom. The maximum Gasteiger partial charge on any atom is 0.225 e. The van der Waals surface area contributed by atoms with Crippen molar-refractivity contribution >= 4 is 5.91 Å². The largest absolute Gasteiger partial charge is 0.468 e. The van der Waals surface area contributed by atoms with Crippen molar-refractivity contribution < 1.29 is 13.9 Å². The summed E-state index contributed by atoms with van der Waals surface area (Å²) in [7, 11) is 0. The summed E-state index contributed by atoms with van der Waals surface area (Å²) in [5.74, 6) is 1.46. The number of morpholine rings is 1. The van der Waals surface area contributed by atoms with E-state index in [1.165, 1.54) is 5.56 Å². The van der Waals surface area contributed by atoms with E-state index in [0.717, 1.165) is 51.2 Å². The third-order valence-electron chi connectivity index (χ3n) is 5.65. The first-order valence-electron chi connectivity index (χ1n) is 9.97. The van der Waals surface area contributed by atoms with E-state index >= 15 is 0 Å². The summed E-state index contributed by atoms with van der Waals surface area (Å²) < 4.78 is 11.3. The molecule has 1 aromatic heterocycles. The van der Waals surface area contributed by atoms with Gasteiger partial charge in [0.15, 0.2) is 0 Å². The maximum absolute atomic E-state index is 13.0. The van der Waals surface area contributed by atoms with E-state index in [2.05, 4.69) is 29.2 Å². The Labute approximate surface area is 160 Å². The van der Waals surface area contributed by atoms with Gasteiger partial charge in [-0.25, -0.2) is 0 Å². The van der Waals surface area contributed by atoms with Gasteiger partial charge in [0.1, 0.15) is 5.76 Å². The van der Waals surface area contributed by atoms with Crippen molar-refractivity contribution in [2.24, 2.45) is 5.92 Å². The van der Waals surface area contributed by atoms with Crippen LogP contribution >= 0.6 is 0 Å². The van der Waals surface area contributed by atoms with E-state index in [9.17, 15) is 4.79 Å². The van der Waals surface area contributed by atoms with Gasteiger partial charge in [-0.2, -0.15) is 0 Å². The number of carbonyl (C=O) groups is 1. The van der Waals surface area contributed by atoms with Crippen LogP contribution in [-0.4, -0.2) is 54.6 Å². The van der Waals surface area contributed by atoms with E-state index in [4.69, 9.17) is 9.15 Å². The first kappa shape index (κ1) is 18.3. The normalized spacial score (nSPS) is 22.1. The van der Waals surface area contributed by atoms with E-state index < -0.39 is 0 Å². The van der Waals surface area contributed by atoms with E-state index in [1.807, 2.05) is 23.1 Å². The first-order valence-corrected chi connectivity index (χ1v) is 9.97. The molecule has 5 heteroatoms. The summed E-state index contributed by atoms with van der Waals surface area (Å²) in [5.41, 5.74) is 1.27. The van der Waals surface area contributed by atoms with Crippen LogP contribution in [0.5, 0.6) is 0 Å². The van der Waals surface area contributed by atoms with Crippen LogP contribution in [-0.2, 0) is 22.5 Å². The van der Waals surface area contributed by atoms with Crippen molar-refractivity contribution in [2.75, 3.05) is 32.8 Å². The Hall–Kier alpha value is -2.11. The van der Waals surface area contributed by atoms with Crippen LogP contribution in [0, 0.1) is 5.92 Å². The highest BCUT2D eigenvalue weighted by Crippen LogP contribution is 2.23. The zero-order valence-electron chi connectivity index (χ0n) is 15.8. The molecule has 5 nitrogen and oxygen atoms in total. The van der Waals surface area contributed by atoms with Crippen molar-refractivity contribution in [3.63, 3.8) is 0 Å². The lowest BCUT2D eigenvalue weighted by Gasteiger charge is -2.37. The molecule has 2 aliphatic heterocycles. The number of hydrogen-bond acceptors (Lipinski definition) is 4. The summed E-state index contributed by atoms with van der Waals surface area (Å²) in [4.78, 5) is 17.4. The number of benzene rings is 1. The Balaban J connectivity index is 1.26. The Bertz CT molecular complexity index is 708. The van der Waals surface area contributed by atoms with Crippen LogP contribution in [0.3, 0.4) is 0 Å². The van der Waals surface area contributed by atoms with Crippen molar-refractivity contribution in [3.8, 4) is 0 Å². The molecular formula is C22H28N2O3. The summed E-state index contributed by atoms with van der Waals surface area (Å²) >= 11 is 0. The molecule has 0 saturated carbocycles. The molecule has 0 spiro atoms. The average Bonchev–Trinajstić information content (AvgIpc) is 3.22. The molecule has 1 atom stereocenters. The summed E-state index contributed by atoms with van der Waals surface area (Å²) in [6.07, 6.45) is 4.55. The van der Waals surface area contributed by atoms with Crippen molar-refractivity contribution in [1.82, 2.24) is 9.80 Å². The number of hydrogen-bond donors (Lipinski definition) is 0. The molecule has 2 saturated heterocycles. The molecule has 1 unspecified atom stereocenters. The second kappa shape index (κ2) is 8.72. The van der Waals surface area contributed by atoms with E-state index in [0.29, 0.717) is 19.1 Å². The number of carbonyl (C=O) groups excluding carboxylic acids is 1. The van der Waals surface area contributed by atoms with Gasteiger partial charge >= 0.3 is 0 Å². The molecule has 2 aromatic rings. The van der Waals surface area contributed by atoms with Crippen LogP contribution in [0.2, 0.25) is 0 Å². The average molecular weight is 368 g/mol. The minimum Gasteiger partial charge on any atom is -0.468 e. The van der Waals surface area contributed by atoms with Gasteiger partial charge in [0.2, 0.25) is 5.91 Å². The fourth-order valence-electron chi connectivity index (χ4n) is 4.14. The fraction of sp³-hybridized carbons (Fsp3) is 0.500. The standard InChI is InChI=1S/C22H28N2O3/c25-22(19-8-10-23(11-9-19)16-20-7-4-13-26-20)24-12-14-27-21(17-24)15-18-5-2-1-3-6-18/h1-7,13,19,21H,8-12,14-17H2. The SMILES string of the molecule is O=C(C1CCN(Cc2ccco2)CC1)N1CCOC(Cc2ccccc2)C1. The number of furan rings is 1. The number of piperidine rings is 1. The lowest BCUT2D eigenvalue weighted by molar-refractivity contribution is -0.144. The quantitative estimate of drug-likeness (QED) is 0.814. The van der Waals surface area contributed by atoms with Crippen LogP contribution in [0.1, 0.15) is 24.2 Å². The highest BCUT2D eigenvalue weighted by molar-refractivity contribution is 5.79. The number of rotatable bonds is 5. The second-order valence-corrected chi connectivity index (χ2v) is 7.60. The molecule has 0 aliphatic carbocycles. The van der Waals surface area contributed by atoms with Gasteiger partial charge in [0.05, 0.1) is 25.5 Å². The zero-order valence-corrected chi connectivity index (χ0v) is 15.8. The topological polar surface area (TPSA) is 45.9 Å². The van der Waals surface area contributed by atoms with Gasteiger partial charge in [-0.05, 0) is 43.6 Å². The predicted octanol–water partition coefficient (Wildman–Crippen LogP) is 2.96. The van der Waals surface area contributed by atoms with Gasteiger partial charge in [-0.3, -0.25) is 9.69 Å². The smallest absolute Gasteiger partial charge is 0.225 e. The number of amides is 1. The molecule has 3 heterocycles. The Kier molecular flexibility index (Phi) is 5.90. The molecule has 27 heavy (non-hydrogen) atoms. The third kappa shape index (κ3) is 4.79. The summed E-state index contributed by atoms with van der Waals surface area (Å²) in [6.45, 7) is 4.81. The fourth-order valence-corrected chi connectivity index (χ4v) is 4.14. The number of nitrogens with zero attached hydrogens (tertiary/aromatic N) is 2. The maximum atomic E-state index is 13.0.